The number of amides is 1. The van der Waals surface area contributed by atoms with E-state index in [1.807, 2.05) is 26.0 Å². The van der Waals surface area contributed by atoms with Crippen LogP contribution in [0.25, 0.3) is 0 Å². The number of hydrogen-bond donors (Lipinski definition) is 1. The van der Waals surface area contributed by atoms with Crippen LogP contribution in [0, 0.1) is 13.8 Å². The summed E-state index contributed by atoms with van der Waals surface area (Å²) in [5, 5.41) is 3.11. The van der Waals surface area contributed by atoms with Gasteiger partial charge in [-0.1, -0.05) is 0 Å². The van der Waals surface area contributed by atoms with Gasteiger partial charge in [0.15, 0.2) is 5.79 Å². The predicted molar refractivity (Wildman–Crippen MR) is 78.1 cm³/mol. The molecule has 0 unspecified atom stereocenters. The Morgan fingerprint density at radius 1 is 1.24 bits per heavy atom. The molecular weight excluding hydrogens is 268 g/mol. The summed E-state index contributed by atoms with van der Waals surface area (Å²) in [4.78, 5) is 16.7. The van der Waals surface area contributed by atoms with Crippen molar-refractivity contribution < 1.29 is 14.3 Å². The van der Waals surface area contributed by atoms with Crippen LogP contribution in [0.5, 0.6) is 0 Å². The number of carbonyl (C=O) groups excluding carboxylic acids is 1. The van der Waals surface area contributed by atoms with Gasteiger partial charge in [-0.15, -0.1) is 0 Å². The molecule has 0 aromatic carbocycles. The summed E-state index contributed by atoms with van der Waals surface area (Å²) in [6, 6.07) is 3.91. The van der Waals surface area contributed by atoms with Crippen molar-refractivity contribution in [3.05, 3.63) is 29.1 Å². The fourth-order valence-corrected chi connectivity index (χ4v) is 3.18. The SMILES string of the molecule is Cc1ccc(C(=O)NC2CCC3(CC2)OCCO3)c(C)n1. The highest BCUT2D eigenvalue weighted by atomic mass is 16.7. The number of aromatic nitrogens is 1. The van der Waals surface area contributed by atoms with Crippen molar-refractivity contribution in [1.82, 2.24) is 10.3 Å². The summed E-state index contributed by atoms with van der Waals surface area (Å²) in [6.45, 7) is 5.17. The van der Waals surface area contributed by atoms with Gasteiger partial charge in [-0.25, -0.2) is 0 Å². The summed E-state index contributed by atoms with van der Waals surface area (Å²) in [7, 11) is 0. The van der Waals surface area contributed by atoms with Crippen LogP contribution < -0.4 is 5.32 Å². The third-order valence-corrected chi connectivity index (χ3v) is 4.37. The lowest BCUT2D eigenvalue weighted by Gasteiger charge is -2.35. The van der Waals surface area contributed by atoms with Crippen molar-refractivity contribution >= 4 is 5.91 Å². The van der Waals surface area contributed by atoms with Gasteiger partial charge in [0.1, 0.15) is 0 Å². The van der Waals surface area contributed by atoms with Gasteiger partial charge < -0.3 is 14.8 Å². The number of nitrogens with one attached hydrogen (secondary N) is 1. The Bertz CT molecular complexity index is 528. The van der Waals surface area contributed by atoms with Crippen LogP contribution >= 0.6 is 0 Å². The number of aryl methyl sites for hydroxylation is 2. The molecule has 1 saturated carbocycles. The van der Waals surface area contributed by atoms with Gasteiger partial charge in [-0.2, -0.15) is 0 Å². The molecule has 1 amide bonds. The van der Waals surface area contributed by atoms with Crippen LogP contribution in [0.2, 0.25) is 0 Å². The van der Waals surface area contributed by atoms with Gasteiger partial charge in [0, 0.05) is 24.6 Å². The van der Waals surface area contributed by atoms with E-state index >= 15 is 0 Å². The lowest BCUT2D eigenvalue weighted by Crippen LogP contribution is -2.44. The molecule has 21 heavy (non-hydrogen) atoms. The quantitative estimate of drug-likeness (QED) is 0.906. The minimum atomic E-state index is -0.372. The molecule has 2 heterocycles. The van der Waals surface area contributed by atoms with Crippen LogP contribution in [0.3, 0.4) is 0 Å². The predicted octanol–water partition coefficient (Wildman–Crippen LogP) is 2.11. The molecule has 2 fully saturated rings. The van der Waals surface area contributed by atoms with Gasteiger partial charge in [0.25, 0.3) is 5.91 Å². The maximum atomic E-state index is 12.3. The Hall–Kier alpha value is -1.46. The highest BCUT2D eigenvalue weighted by Crippen LogP contribution is 2.35. The smallest absolute Gasteiger partial charge is 0.253 e. The molecule has 0 atom stereocenters. The molecule has 5 nitrogen and oxygen atoms in total. The van der Waals surface area contributed by atoms with Gasteiger partial charge in [0.2, 0.25) is 0 Å². The van der Waals surface area contributed by atoms with E-state index < -0.39 is 0 Å². The van der Waals surface area contributed by atoms with Crippen molar-refractivity contribution in [3.63, 3.8) is 0 Å². The molecule has 1 aliphatic carbocycles. The standard InChI is InChI=1S/C16H22N2O3/c1-11-3-4-14(12(2)17-11)15(19)18-13-5-7-16(8-6-13)20-9-10-21-16/h3-4,13H,5-10H2,1-2H3,(H,18,19). The summed E-state index contributed by atoms with van der Waals surface area (Å²) < 4.78 is 11.4. The third kappa shape index (κ3) is 3.09. The van der Waals surface area contributed by atoms with Crippen molar-refractivity contribution in [1.29, 1.82) is 0 Å². The maximum absolute atomic E-state index is 12.3. The number of rotatable bonds is 2. The Balaban J connectivity index is 1.58. The average molecular weight is 290 g/mol. The van der Waals surface area contributed by atoms with Crippen molar-refractivity contribution in [2.45, 2.75) is 51.4 Å². The monoisotopic (exact) mass is 290 g/mol. The first-order valence-corrected chi connectivity index (χ1v) is 7.61. The van der Waals surface area contributed by atoms with E-state index in [2.05, 4.69) is 10.3 Å². The zero-order chi connectivity index (χ0) is 14.9. The fraction of sp³-hybridized carbons (Fsp3) is 0.625. The molecule has 1 N–H and O–H groups in total. The molecule has 1 spiro atoms. The van der Waals surface area contributed by atoms with Crippen LogP contribution in [0.15, 0.2) is 12.1 Å². The van der Waals surface area contributed by atoms with Crippen LogP contribution in [0.4, 0.5) is 0 Å². The van der Waals surface area contributed by atoms with E-state index in [9.17, 15) is 4.79 Å². The maximum Gasteiger partial charge on any atom is 0.253 e. The topological polar surface area (TPSA) is 60.5 Å². The largest absolute Gasteiger partial charge is 0.349 e. The van der Waals surface area contributed by atoms with E-state index in [0.29, 0.717) is 18.8 Å². The van der Waals surface area contributed by atoms with Crippen molar-refractivity contribution in [2.75, 3.05) is 13.2 Å². The summed E-state index contributed by atoms with van der Waals surface area (Å²) in [5.74, 6) is -0.406. The molecule has 2 aliphatic rings. The van der Waals surface area contributed by atoms with E-state index in [4.69, 9.17) is 9.47 Å². The number of hydrogen-bond acceptors (Lipinski definition) is 4. The van der Waals surface area contributed by atoms with E-state index in [0.717, 1.165) is 37.1 Å². The number of ether oxygens (including phenoxy) is 2. The zero-order valence-electron chi connectivity index (χ0n) is 12.6. The van der Waals surface area contributed by atoms with Gasteiger partial charge in [0.05, 0.1) is 24.5 Å². The second-order valence-electron chi connectivity index (χ2n) is 5.94. The van der Waals surface area contributed by atoms with E-state index in [-0.39, 0.29) is 17.7 Å². The zero-order valence-corrected chi connectivity index (χ0v) is 12.6. The second-order valence-corrected chi connectivity index (χ2v) is 5.94. The molecule has 1 aromatic heterocycles. The van der Waals surface area contributed by atoms with Crippen molar-refractivity contribution in [3.8, 4) is 0 Å². The molecule has 114 valence electrons. The van der Waals surface area contributed by atoms with Crippen LogP contribution in [0.1, 0.15) is 47.4 Å². The third-order valence-electron chi connectivity index (χ3n) is 4.37. The van der Waals surface area contributed by atoms with Crippen molar-refractivity contribution in [2.24, 2.45) is 0 Å². The summed E-state index contributed by atoms with van der Waals surface area (Å²) in [5.41, 5.74) is 2.37. The van der Waals surface area contributed by atoms with Gasteiger partial charge in [-0.05, 0) is 38.8 Å². The lowest BCUT2D eigenvalue weighted by atomic mass is 9.90. The summed E-state index contributed by atoms with van der Waals surface area (Å²) >= 11 is 0. The first kappa shape index (κ1) is 14.5. The Morgan fingerprint density at radius 3 is 2.52 bits per heavy atom. The molecular formula is C16H22N2O3. The van der Waals surface area contributed by atoms with Gasteiger partial charge >= 0.3 is 0 Å². The Labute approximate surface area is 125 Å². The summed E-state index contributed by atoms with van der Waals surface area (Å²) in [6.07, 6.45) is 3.49. The lowest BCUT2D eigenvalue weighted by molar-refractivity contribution is -0.179. The molecule has 0 bridgehead atoms. The van der Waals surface area contributed by atoms with E-state index in [1.165, 1.54) is 0 Å². The highest BCUT2D eigenvalue weighted by molar-refractivity contribution is 5.95. The average Bonchev–Trinajstić information content (AvgIpc) is 2.90. The van der Waals surface area contributed by atoms with E-state index in [1.54, 1.807) is 0 Å². The highest BCUT2D eigenvalue weighted by Gasteiger charge is 2.40. The number of pyridine rings is 1. The minimum Gasteiger partial charge on any atom is -0.349 e. The first-order chi connectivity index (χ1) is 10.1. The molecule has 1 saturated heterocycles. The first-order valence-electron chi connectivity index (χ1n) is 7.61. The van der Waals surface area contributed by atoms with Crippen LogP contribution in [-0.4, -0.2) is 35.9 Å². The number of carbonyl (C=O) groups is 1. The van der Waals surface area contributed by atoms with Crippen LogP contribution in [-0.2, 0) is 9.47 Å². The Morgan fingerprint density at radius 2 is 1.90 bits per heavy atom. The minimum absolute atomic E-state index is 0.0331. The second kappa shape index (κ2) is 5.73. The normalized spacial score (nSPS) is 21.6. The molecule has 0 radical (unpaired) electrons. The fourth-order valence-electron chi connectivity index (χ4n) is 3.18. The molecule has 3 rings (SSSR count). The molecule has 1 aliphatic heterocycles. The number of nitrogens with zero attached hydrogens (tertiary/aromatic N) is 1. The molecule has 1 aromatic rings. The Kier molecular flexibility index (Phi) is 3.95. The van der Waals surface area contributed by atoms with Gasteiger partial charge in [-0.3, -0.25) is 9.78 Å². The molecule has 5 heteroatoms.